The molecule has 0 aliphatic carbocycles. The number of carbonyl (C=O) groups is 1. The van der Waals surface area contributed by atoms with E-state index >= 15 is 0 Å². The number of halogens is 1. The van der Waals surface area contributed by atoms with Gasteiger partial charge in [-0.3, -0.25) is 0 Å². The predicted molar refractivity (Wildman–Crippen MR) is 67.2 cm³/mol. The number of hydrogen-bond donors (Lipinski definition) is 0. The van der Waals surface area contributed by atoms with E-state index in [1.807, 2.05) is 6.07 Å². The van der Waals surface area contributed by atoms with Crippen molar-refractivity contribution in [2.24, 2.45) is 0 Å². The van der Waals surface area contributed by atoms with Crippen molar-refractivity contribution >= 4 is 21.9 Å². The van der Waals surface area contributed by atoms with Crippen LogP contribution in [-0.2, 0) is 14.3 Å². The van der Waals surface area contributed by atoms with E-state index in [0.29, 0.717) is 15.8 Å². The third-order valence-corrected chi connectivity index (χ3v) is 2.78. The van der Waals surface area contributed by atoms with E-state index in [-0.39, 0.29) is 6.61 Å². The molecule has 5 nitrogen and oxygen atoms in total. The second-order valence-electron chi connectivity index (χ2n) is 3.34. The average molecular weight is 314 g/mol. The lowest BCUT2D eigenvalue weighted by Crippen LogP contribution is -2.32. The molecule has 6 heteroatoms. The van der Waals surface area contributed by atoms with Crippen LogP contribution in [0.25, 0.3) is 0 Å². The lowest BCUT2D eigenvalue weighted by Gasteiger charge is -2.16. The Hall–Kier alpha value is -1.58. The summed E-state index contributed by atoms with van der Waals surface area (Å²) in [5.74, 6) is -0.0642. The highest BCUT2D eigenvalue weighted by molar-refractivity contribution is 9.10. The van der Waals surface area contributed by atoms with Gasteiger partial charge in [0.05, 0.1) is 19.3 Å². The van der Waals surface area contributed by atoms with Crippen molar-refractivity contribution < 1.29 is 19.0 Å². The first-order valence-electron chi connectivity index (χ1n) is 5.05. The molecule has 1 aromatic rings. The third-order valence-electron chi connectivity index (χ3n) is 2.12. The number of nitrogens with zero attached hydrogens (tertiary/aromatic N) is 1. The zero-order valence-electron chi connectivity index (χ0n) is 9.97. The molecule has 1 unspecified atom stereocenters. The van der Waals surface area contributed by atoms with Crippen molar-refractivity contribution in [3.8, 4) is 11.8 Å². The number of benzene rings is 1. The van der Waals surface area contributed by atoms with Crippen LogP contribution >= 0.6 is 15.9 Å². The fourth-order valence-corrected chi connectivity index (χ4v) is 1.70. The van der Waals surface area contributed by atoms with Gasteiger partial charge in [-0.05, 0) is 34.1 Å². The van der Waals surface area contributed by atoms with Crippen LogP contribution in [0.1, 0.15) is 5.56 Å². The van der Waals surface area contributed by atoms with Gasteiger partial charge < -0.3 is 14.2 Å². The molecule has 0 amide bonds. The number of esters is 1. The van der Waals surface area contributed by atoms with Crippen molar-refractivity contribution in [1.82, 2.24) is 0 Å². The van der Waals surface area contributed by atoms with Crippen molar-refractivity contribution in [1.29, 1.82) is 5.26 Å². The molecule has 0 bridgehead atoms. The van der Waals surface area contributed by atoms with Crippen LogP contribution in [0.4, 0.5) is 0 Å². The monoisotopic (exact) mass is 313 g/mol. The number of carbonyl (C=O) groups excluding carboxylic acids is 1. The molecule has 0 saturated carbocycles. The molecule has 0 aliphatic rings. The summed E-state index contributed by atoms with van der Waals surface area (Å²) in [5.41, 5.74) is 0.490. The number of nitriles is 1. The van der Waals surface area contributed by atoms with Gasteiger partial charge in [0.1, 0.15) is 11.8 Å². The Labute approximate surface area is 113 Å². The van der Waals surface area contributed by atoms with Crippen LogP contribution in [0.3, 0.4) is 0 Å². The highest BCUT2D eigenvalue weighted by atomic mass is 79.9. The Morgan fingerprint density at radius 2 is 2.22 bits per heavy atom. The lowest BCUT2D eigenvalue weighted by atomic mass is 10.2. The van der Waals surface area contributed by atoms with Crippen LogP contribution in [0.15, 0.2) is 22.7 Å². The number of hydrogen-bond acceptors (Lipinski definition) is 5. The minimum Gasteiger partial charge on any atom is -0.476 e. The molecule has 1 rings (SSSR count). The first-order valence-corrected chi connectivity index (χ1v) is 5.84. The molecule has 0 radical (unpaired) electrons. The highest BCUT2D eigenvalue weighted by Gasteiger charge is 2.21. The summed E-state index contributed by atoms with van der Waals surface area (Å²) >= 11 is 3.24. The van der Waals surface area contributed by atoms with Gasteiger partial charge in [0.2, 0.25) is 6.10 Å². The maximum absolute atomic E-state index is 11.4. The molecule has 0 fully saturated rings. The van der Waals surface area contributed by atoms with Gasteiger partial charge in [0.25, 0.3) is 0 Å². The Kier molecular flexibility index (Phi) is 5.62. The van der Waals surface area contributed by atoms with E-state index < -0.39 is 12.1 Å². The van der Waals surface area contributed by atoms with Gasteiger partial charge in [-0.15, -0.1) is 0 Å². The van der Waals surface area contributed by atoms with Crippen LogP contribution in [-0.4, -0.2) is 32.9 Å². The molecule has 1 aromatic carbocycles. The summed E-state index contributed by atoms with van der Waals surface area (Å²) in [7, 11) is 2.75. The number of ether oxygens (including phenoxy) is 3. The first kappa shape index (κ1) is 14.5. The van der Waals surface area contributed by atoms with Crippen LogP contribution in [0.5, 0.6) is 5.75 Å². The van der Waals surface area contributed by atoms with E-state index in [4.69, 9.17) is 14.7 Å². The first-order chi connectivity index (χ1) is 8.62. The Balaban J connectivity index is 2.84. The SMILES string of the molecule is COCC(Oc1ccc(C#N)c(Br)c1)C(=O)OC. The topological polar surface area (TPSA) is 68.5 Å². The molecule has 0 N–H and O–H groups in total. The van der Waals surface area contributed by atoms with E-state index in [1.165, 1.54) is 14.2 Å². The van der Waals surface area contributed by atoms with Gasteiger partial charge in [-0.25, -0.2) is 4.79 Å². The zero-order valence-corrected chi connectivity index (χ0v) is 11.6. The van der Waals surface area contributed by atoms with Crippen LogP contribution < -0.4 is 4.74 Å². The average Bonchev–Trinajstić information content (AvgIpc) is 2.37. The zero-order chi connectivity index (χ0) is 13.5. The van der Waals surface area contributed by atoms with Crippen molar-refractivity contribution in [3.05, 3.63) is 28.2 Å². The molecular weight excluding hydrogens is 302 g/mol. The molecule has 0 aromatic heterocycles. The smallest absolute Gasteiger partial charge is 0.349 e. The molecular formula is C12H12BrNO4. The lowest BCUT2D eigenvalue weighted by molar-refractivity contribution is -0.151. The second kappa shape index (κ2) is 6.99. The van der Waals surface area contributed by atoms with E-state index in [0.717, 1.165) is 0 Å². The molecule has 0 spiro atoms. The number of rotatable bonds is 5. The molecule has 0 heterocycles. The Morgan fingerprint density at radius 3 is 2.72 bits per heavy atom. The Morgan fingerprint density at radius 1 is 1.50 bits per heavy atom. The minimum absolute atomic E-state index is 0.0876. The van der Waals surface area contributed by atoms with Gasteiger partial charge in [0.15, 0.2) is 0 Å². The van der Waals surface area contributed by atoms with Crippen molar-refractivity contribution in [2.45, 2.75) is 6.10 Å². The van der Waals surface area contributed by atoms with Gasteiger partial charge in [0, 0.05) is 11.6 Å². The van der Waals surface area contributed by atoms with E-state index in [2.05, 4.69) is 20.7 Å². The largest absolute Gasteiger partial charge is 0.476 e. The fourth-order valence-electron chi connectivity index (χ4n) is 1.26. The summed E-state index contributed by atoms with van der Waals surface area (Å²) in [4.78, 5) is 11.4. The molecule has 0 aliphatic heterocycles. The standard InChI is InChI=1S/C12H12BrNO4/c1-16-7-11(12(15)17-2)18-9-4-3-8(6-14)10(13)5-9/h3-5,11H,7H2,1-2H3. The van der Waals surface area contributed by atoms with E-state index in [9.17, 15) is 4.79 Å². The summed E-state index contributed by atoms with van der Waals surface area (Å²) < 4.78 is 15.5. The van der Waals surface area contributed by atoms with Gasteiger partial charge in [-0.2, -0.15) is 5.26 Å². The second-order valence-corrected chi connectivity index (χ2v) is 4.19. The fraction of sp³-hybridized carbons (Fsp3) is 0.333. The summed E-state index contributed by atoms with van der Waals surface area (Å²) in [6, 6.07) is 6.84. The quantitative estimate of drug-likeness (QED) is 0.776. The van der Waals surface area contributed by atoms with Crippen molar-refractivity contribution in [2.75, 3.05) is 20.8 Å². The molecule has 96 valence electrons. The third kappa shape index (κ3) is 3.72. The molecule has 0 saturated heterocycles. The van der Waals surface area contributed by atoms with Gasteiger partial charge >= 0.3 is 5.97 Å². The van der Waals surface area contributed by atoms with Gasteiger partial charge in [-0.1, -0.05) is 0 Å². The predicted octanol–water partition coefficient (Wildman–Crippen LogP) is 1.89. The molecule has 1 atom stereocenters. The highest BCUT2D eigenvalue weighted by Crippen LogP contribution is 2.23. The molecule has 18 heavy (non-hydrogen) atoms. The maximum atomic E-state index is 11.4. The van der Waals surface area contributed by atoms with E-state index in [1.54, 1.807) is 18.2 Å². The van der Waals surface area contributed by atoms with Crippen LogP contribution in [0, 0.1) is 11.3 Å². The number of methoxy groups -OCH3 is 2. The van der Waals surface area contributed by atoms with Crippen molar-refractivity contribution in [3.63, 3.8) is 0 Å². The minimum atomic E-state index is -0.833. The normalized spacial score (nSPS) is 11.4. The van der Waals surface area contributed by atoms with Crippen LogP contribution in [0.2, 0.25) is 0 Å². The summed E-state index contributed by atoms with van der Waals surface area (Å²) in [6.45, 7) is 0.0876. The Bertz CT molecular complexity index is 470. The maximum Gasteiger partial charge on any atom is 0.349 e. The summed E-state index contributed by atoms with van der Waals surface area (Å²) in [5, 5.41) is 8.79. The summed E-state index contributed by atoms with van der Waals surface area (Å²) in [6.07, 6.45) is -0.833.